The Morgan fingerprint density at radius 1 is 1.03 bits per heavy atom. The van der Waals surface area contributed by atoms with Crippen LogP contribution in [-0.2, 0) is 16.0 Å². The first kappa shape index (κ1) is 19.6. The lowest BCUT2D eigenvalue weighted by molar-refractivity contribution is -0.144. The van der Waals surface area contributed by atoms with E-state index >= 15 is 0 Å². The summed E-state index contributed by atoms with van der Waals surface area (Å²) in [6, 6.07) is 17.2. The topological polar surface area (TPSA) is 45.1 Å². The van der Waals surface area contributed by atoms with Gasteiger partial charge in [0.1, 0.15) is 5.84 Å². The number of para-hydroxylation sites is 1. The lowest BCUT2D eigenvalue weighted by atomic mass is 9.99. The highest BCUT2D eigenvalue weighted by molar-refractivity contribution is 6.02. The van der Waals surface area contributed by atoms with Crippen molar-refractivity contribution in [1.82, 2.24) is 9.80 Å². The molecule has 2 aromatic rings. The van der Waals surface area contributed by atoms with E-state index in [1.165, 1.54) is 16.7 Å². The molecule has 0 spiro atoms. The summed E-state index contributed by atoms with van der Waals surface area (Å²) in [7, 11) is 0. The Kier molecular flexibility index (Phi) is 5.95. The Morgan fingerprint density at radius 2 is 1.72 bits per heavy atom. The molecule has 29 heavy (non-hydrogen) atoms. The highest BCUT2D eigenvalue weighted by Crippen LogP contribution is 2.29. The van der Waals surface area contributed by atoms with Crippen molar-refractivity contribution in [3.8, 4) is 0 Å². The van der Waals surface area contributed by atoms with Gasteiger partial charge in [0.2, 0.25) is 0 Å². The molecule has 2 heterocycles. The molecule has 0 amide bonds. The zero-order valence-corrected chi connectivity index (χ0v) is 17.3. The highest BCUT2D eigenvalue weighted by atomic mass is 16.5. The summed E-state index contributed by atoms with van der Waals surface area (Å²) in [5.41, 5.74) is 4.90. The van der Waals surface area contributed by atoms with Crippen LogP contribution in [0.2, 0.25) is 0 Å². The monoisotopic (exact) mass is 391 g/mol. The van der Waals surface area contributed by atoms with Crippen LogP contribution in [0.3, 0.4) is 0 Å². The maximum absolute atomic E-state index is 11.8. The van der Waals surface area contributed by atoms with Crippen LogP contribution in [0.15, 0.2) is 53.5 Å². The van der Waals surface area contributed by atoms with E-state index in [-0.39, 0.29) is 12.0 Å². The highest BCUT2D eigenvalue weighted by Gasteiger charge is 2.27. The molecule has 0 saturated carbocycles. The van der Waals surface area contributed by atoms with E-state index in [2.05, 4.69) is 65.3 Å². The van der Waals surface area contributed by atoms with Crippen LogP contribution in [0.25, 0.3) is 0 Å². The number of ether oxygens (including phenoxy) is 1. The molecule has 1 unspecified atom stereocenters. The van der Waals surface area contributed by atoms with Crippen LogP contribution in [0.4, 0.5) is 5.69 Å². The molecule has 5 nitrogen and oxygen atoms in total. The number of benzene rings is 2. The summed E-state index contributed by atoms with van der Waals surface area (Å²) in [5.74, 6) is 0.962. The van der Waals surface area contributed by atoms with Crippen molar-refractivity contribution in [1.29, 1.82) is 0 Å². The molecule has 0 aliphatic carbocycles. The number of carbonyl (C=O) groups is 1. The van der Waals surface area contributed by atoms with E-state index in [1.807, 2.05) is 6.92 Å². The standard InChI is InChI=1S/C24H29N3O2/c1-3-29-23(28)16-18(2)26-12-14-27(15-13-26)24-21-10-6-4-8-19(21)17-20-9-5-7-11-22(20)25-24/h4-11,18H,3,12-17H2,1-2H3. The van der Waals surface area contributed by atoms with Crippen LogP contribution in [0.1, 0.15) is 37.0 Å². The Morgan fingerprint density at radius 3 is 2.48 bits per heavy atom. The molecule has 0 bridgehead atoms. The molecule has 5 heteroatoms. The maximum atomic E-state index is 11.8. The SMILES string of the molecule is CCOC(=O)CC(C)N1CCN(C2=Nc3ccccc3Cc3ccccc32)CC1. The minimum atomic E-state index is -0.110. The van der Waals surface area contributed by atoms with Gasteiger partial charge in [-0.05, 0) is 31.0 Å². The largest absolute Gasteiger partial charge is 0.466 e. The number of fused-ring (bicyclic) bond motifs is 2. The second-order valence-electron chi connectivity index (χ2n) is 7.78. The van der Waals surface area contributed by atoms with Crippen molar-refractivity contribution >= 4 is 17.5 Å². The summed E-state index contributed by atoms with van der Waals surface area (Å²) in [4.78, 5) is 21.7. The predicted molar refractivity (Wildman–Crippen MR) is 116 cm³/mol. The summed E-state index contributed by atoms with van der Waals surface area (Å²) in [6.45, 7) is 8.06. The Hall–Kier alpha value is -2.66. The van der Waals surface area contributed by atoms with Crippen LogP contribution in [-0.4, -0.2) is 60.4 Å². The number of esters is 1. The zero-order valence-electron chi connectivity index (χ0n) is 17.3. The van der Waals surface area contributed by atoms with Gasteiger partial charge in [0.15, 0.2) is 0 Å². The average molecular weight is 392 g/mol. The lowest BCUT2D eigenvalue weighted by Crippen LogP contribution is -2.52. The summed E-state index contributed by atoms with van der Waals surface area (Å²) < 4.78 is 5.11. The minimum Gasteiger partial charge on any atom is -0.466 e. The molecule has 0 aromatic heterocycles. The van der Waals surface area contributed by atoms with Gasteiger partial charge in [-0.2, -0.15) is 0 Å². The predicted octanol–water partition coefficient (Wildman–Crippen LogP) is 3.63. The number of aliphatic imine (C=N–C) groups is 1. The fourth-order valence-corrected chi connectivity index (χ4v) is 4.25. The molecule has 2 aliphatic heterocycles. The van der Waals surface area contributed by atoms with Crippen molar-refractivity contribution in [3.63, 3.8) is 0 Å². The first-order valence-electron chi connectivity index (χ1n) is 10.5. The summed E-state index contributed by atoms with van der Waals surface area (Å²) >= 11 is 0. The molecule has 2 aromatic carbocycles. The number of amidine groups is 1. The zero-order chi connectivity index (χ0) is 20.2. The lowest BCUT2D eigenvalue weighted by Gasteiger charge is -2.39. The van der Waals surface area contributed by atoms with Gasteiger partial charge >= 0.3 is 5.97 Å². The number of rotatable bonds is 4. The first-order chi connectivity index (χ1) is 14.2. The molecule has 0 radical (unpaired) electrons. The molecule has 1 atom stereocenters. The Bertz CT molecular complexity index is 901. The Balaban J connectivity index is 1.52. The van der Waals surface area contributed by atoms with Crippen LogP contribution in [0.5, 0.6) is 0 Å². The molecular weight excluding hydrogens is 362 g/mol. The fourth-order valence-electron chi connectivity index (χ4n) is 4.25. The van der Waals surface area contributed by atoms with E-state index in [9.17, 15) is 4.79 Å². The van der Waals surface area contributed by atoms with Gasteiger partial charge in [-0.15, -0.1) is 0 Å². The van der Waals surface area contributed by atoms with Gasteiger partial charge in [-0.3, -0.25) is 9.69 Å². The smallest absolute Gasteiger partial charge is 0.307 e. The molecule has 1 fully saturated rings. The molecule has 152 valence electrons. The van der Waals surface area contributed by atoms with Gasteiger partial charge in [-0.1, -0.05) is 42.5 Å². The summed E-state index contributed by atoms with van der Waals surface area (Å²) in [6.07, 6.45) is 1.36. The molecule has 0 N–H and O–H groups in total. The first-order valence-corrected chi connectivity index (χ1v) is 10.5. The second kappa shape index (κ2) is 8.78. The van der Waals surface area contributed by atoms with Crippen LogP contribution < -0.4 is 0 Å². The molecule has 1 saturated heterocycles. The van der Waals surface area contributed by atoms with Gasteiger partial charge in [0, 0.05) is 44.2 Å². The van der Waals surface area contributed by atoms with Crippen LogP contribution in [0, 0.1) is 0 Å². The van der Waals surface area contributed by atoms with E-state index in [0.717, 1.165) is 44.1 Å². The van der Waals surface area contributed by atoms with Crippen molar-refractivity contribution in [3.05, 3.63) is 65.2 Å². The third kappa shape index (κ3) is 4.35. The number of hydrogen-bond donors (Lipinski definition) is 0. The maximum Gasteiger partial charge on any atom is 0.307 e. The third-order valence-corrected chi connectivity index (χ3v) is 5.86. The number of nitrogens with zero attached hydrogens (tertiary/aromatic N) is 3. The van der Waals surface area contributed by atoms with E-state index in [0.29, 0.717) is 13.0 Å². The van der Waals surface area contributed by atoms with Gasteiger partial charge in [0.05, 0.1) is 18.7 Å². The van der Waals surface area contributed by atoms with E-state index in [4.69, 9.17) is 9.73 Å². The molecular formula is C24H29N3O2. The van der Waals surface area contributed by atoms with Gasteiger partial charge < -0.3 is 9.64 Å². The third-order valence-electron chi connectivity index (χ3n) is 5.86. The normalized spacial score (nSPS) is 17.6. The van der Waals surface area contributed by atoms with Crippen molar-refractivity contribution < 1.29 is 9.53 Å². The second-order valence-corrected chi connectivity index (χ2v) is 7.78. The summed E-state index contributed by atoms with van der Waals surface area (Å²) in [5, 5.41) is 0. The average Bonchev–Trinajstić information content (AvgIpc) is 2.90. The van der Waals surface area contributed by atoms with Gasteiger partial charge in [-0.25, -0.2) is 4.99 Å². The number of carbonyl (C=O) groups excluding carboxylic acids is 1. The van der Waals surface area contributed by atoms with E-state index in [1.54, 1.807) is 0 Å². The quantitative estimate of drug-likeness (QED) is 0.747. The fraction of sp³-hybridized carbons (Fsp3) is 0.417. The van der Waals surface area contributed by atoms with Crippen LogP contribution >= 0.6 is 0 Å². The Labute approximate surface area is 173 Å². The van der Waals surface area contributed by atoms with Crippen molar-refractivity contribution in [2.45, 2.75) is 32.7 Å². The molecule has 4 rings (SSSR count). The van der Waals surface area contributed by atoms with Gasteiger partial charge in [0.25, 0.3) is 0 Å². The van der Waals surface area contributed by atoms with Crippen molar-refractivity contribution in [2.24, 2.45) is 4.99 Å². The molecule has 2 aliphatic rings. The number of hydrogen-bond acceptors (Lipinski definition) is 5. The number of piperazine rings is 1. The minimum absolute atomic E-state index is 0.110. The van der Waals surface area contributed by atoms with Crippen molar-refractivity contribution in [2.75, 3.05) is 32.8 Å². The van der Waals surface area contributed by atoms with E-state index < -0.39 is 0 Å².